The Balaban J connectivity index is 1.32. The summed E-state index contributed by atoms with van der Waals surface area (Å²) in [5.41, 5.74) is 1.06. The van der Waals surface area contributed by atoms with Gasteiger partial charge in [0.25, 0.3) is 0 Å². The first-order valence-corrected chi connectivity index (χ1v) is 8.13. The molecule has 3 aliphatic rings. The highest BCUT2D eigenvalue weighted by atomic mass is 16.5. The van der Waals surface area contributed by atoms with Gasteiger partial charge in [0.15, 0.2) is 0 Å². The van der Waals surface area contributed by atoms with Crippen LogP contribution in [0.1, 0.15) is 24.2 Å². The lowest BCUT2D eigenvalue weighted by atomic mass is 9.89. The third kappa shape index (κ3) is 1.96. The maximum atomic E-state index is 12.1. The van der Waals surface area contributed by atoms with Crippen molar-refractivity contribution >= 4 is 0 Å². The van der Waals surface area contributed by atoms with E-state index in [1.807, 2.05) is 30.3 Å². The van der Waals surface area contributed by atoms with Gasteiger partial charge >= 0.3 is 5.69 Å². The van der Waals surface area contributed by atoms with E-state index in [9.17, 15) is 4.79 Å². The van der Waals surface area contributed by atoms with Crippen molar-refractivity contribution in [3.63, 3.8) is 0 Å². The number of rotatable bonds is 4. The van der Waals surface area contributed by atoms with E-state index in [0.717, 1.165) is 29.6 Å². The van der Waals surface area contributed by atoms with Crippen molar-refractivity contribution in [2.75, 3.05) is 0 Å². The molecule has 1 aromatic heterocycles. The zero-order valence-corrected chi connectivity index (χ0v) is 12.3. The summed E-state index contributed by atoms with van der Waals surface area (Å²) in [5.74, 6) is 2.79. The second-order valence-electron chi connectivity index (χ2n) is 6.92. The predicted molar refractivity (Wildman–Crippen MR) is 80.5 cm³/mol. The lowest BCUT2D eigenvalue weighted by molar-refractivity contribution is 0.0581. The van der Waals surface area contributed by atoms with Crippen LogP contribution in [0.3, 0.4) is 0 Å². The molecule has 114 valence electrons. The van der Waals surface area contributed by atoms with Crippen molar-refractivity contribution in [1.82, 2.24) is 14.8 Å². The molecule has 2 bridgehead atoms. The Morgan fingerprint density at radius 1 is 1.23 bits per heavy atom. The number of fused-ring (bicyclic) bond motifs is 5. The molecule has 0 amide bonds. The fourth-order valence-corrected chi connectivity index (χ4v) is 4.37. The van der Waals surface area contributed by atoms with Crippen molar-refractivity contribution < 1.29 is 4.74 Å². The van der Waals surface area contributed by atoms with Gasteiger partial charge in [0, 0.05) is 12.3 Å². The first kappa shape index (κ1) is 12.6. The average Bonchev–Trinajstić information content (AvgIpc) is 2.98. The molecule has 1 aromatic carbocycles. The van der Waals surface area contributed by atoms with E-state index < -0.39 is 0 Å². The molecule has 2 aromatic rings. The van der Waals surface area contributed by atoms with Crippen LogP contribution in [-0.2, 0) is 17.7 Å². The molecule has 5 heteroatoms. The number of H-pyrrole nitrogens is 1. The van der Waals surface area contributed by atoms with Crippen LogP contribution in [0.4, 0.5) is 0 Å². The average molecular weight is 297 g/mol. The van der Waals surface area contributed by atoms with Crippen LogP contribution in [0.2, 0.25) is 0 Å². The molecule has 0 unspecified atom stereocenters. The lowest BCUT2D eigenvalue weighted by Crippen LogP contribution is -2.29. The standard InChI is InChI=1S/C17H19N3O2/c21-17-18-15(6-10-4-2-1-3-5-10)19-20(17)9-11-7-14-12-8-13(12)16(11)22-14/h1-5,11-14,16H,6-9H2,(H,18,19,21)/t11-,12+,13-,14-,16+/m0/s1. The van der Waals surface area contributed by atoms with Gasteiger partial charge in [-0.15, -0.1) is 0 Å². The number of ether oxygens (including phenoxy) is 1. The maximum absolute atomic E-state index is 12.1. The molecular weight excluding hydrogens is 278 g/mol. The van der Waals surface area contributed by atoms with Crippen LogP contribution in [0.5, 0.6) is 0 Å². The molecule has 1 aliphatic carbocycles. The van der Waals surface area contributed by atoms with Crippen LogP contribution in [-0.4, -0.2) is 27.0 Å². The molecule has 0 spiro atoms. The number of aromatic amines is 1. The first-order valence-electron chi connectivity index (χ1n) is 8.13. The number of nitrogens with zero attached hydrogens (tertiary/aromatic N) is 2. The van der Waals surface area contributed by atoms with Crippen LogP contribution in [0.15, 0.2) is 35.1 Å². The zero-order chi connectivity index (χ0) is 14.7. The van der Waals surface area contributed by atoms with Crippen LogP contribution < -0.4 is 5.69 Å². The second kappa shape index (κ2) is 4.56. The zero-order valence-electron chi connectivity index (χ0n) is 12.3. The summed E-state index contributed by atoms with van der Waals surface area (Å²) in [7, 11) is 0. The summed E-state index contributed by atoms with van der Waals surface area (Å²) < 4.78 is 7.61. The second-order valence-corrected chi connectivity index (χ2v) is 6.92. The number of aromatic nitrogens is 3. The number of hydrogen-bond donors (Lipinski definition) is 1. The van der Waals surface area contributed by atoms with Crippen molar-refractivity contribution in [1.29, 1.82) is 0 Å². The summed E-state index contributed by atoms with van der Waals surface area (Å²) in [6.45, 7) is 0.689. The minimum Gasteiger partial charge on any atom is -0.374 e. The van der Waals surface area contributed by atoms with Gasteiger partial charge in [-0.25, -0.2) is 9.48 Å². The molecule has 22 heavy (non-hydrogen) atoms. The Hall–Kier alpha value is -1.88. The SMILES string of the molecule is O=c1[nH]c(Cc2ccccc2)nn1C[C@@H]1C[C@@H]2O[C@H]1[C@H]1C[C@H]12. The van der Waals surface area contributed by atoms with Crippen LogP contribution >= 0.6 is 0 Å². The quantitative estimate of drug-likeness (QED) is 0.932. The Bertz CT molecular complexity index is 751. The van der Waals surface area contributed by atoms with Crippen molar-refractivity contribution in [3.8, 4) is 0 Å². The van der Waals surface area contributed by atoms with E-state index in [2.05, 4.69) is 10.1 Å². The summed E-state index contributed by atoms with van der Waals surface area (Å²) in [6, 6.07) is 10.1. The molecule has 1 N–H and O–H groups in total. The topological polar surface area (TPSA) is 59.9 Å². The van der Waals surface area contributed by atoms with Gasteiger partial charge < -0.3 is 4.74 Å². The Morgan fingerprint density at radius 2 is 2.09 bits per heavy atom. The van der Waals surface area contributed by atoms with E-state index in [1.165, 1.54) is 6.42 Å². The smallest absolute Gasteiger partial charge is 0.343 e. The Kier molecular flexibility index (Phi) is 2.62. The van der Waals surface area contributed by atoms with Gasteiger partial charge in [0.2, 0.25) is 0 Å². The molecule has 5 rings (SSSR count). The highest BCUT2D eigenvalue weighted by Gasteiger charge is 2.62. The molecule has 3 fully saturated rings. The molecule has 5 atom stereocenters. The van der Waals surface area contributed by atoms with Gasteiger partial charge in [-0.05, 0) is 30.2 Å². The van der Waals surface area contributed by atoms with Crippen molar-refractivity contribution in [3.05, 3.63) is 52.2 Å². The minimum atomic E-state index is -0.0962. The summed E-state index contributed by atoms with van der Waals surface area (Å²) in [6.07, 6.45) is 3.93. The highest BCUT2D eigenvalue weighted by Crippen LogP contribution is 2.60. The monoisotopic (exact) mass is 297 g/mol. The minimum absolute atomic E-state index is 0.0962. The third-order valence-electron chi connectivity index (χ3n) is 5.47. The van der Waals surface area contributed by atoms with E-state index >= 15 is 0 Å². The van der Waals surface area contributed by atoms with Gasteiger partial charge in [0.05, 0.1) is 18.8 Å². The van der Waals surface area contributed by atoms with E-state index in [1.54, 1.807) is 4.68 Å². The van der Waals surface area contributed by atoms with E-state index in [0.29, 0.717) is 31.1 Å². The normalized spacial score (nSPS) is 34.8. The fraction of sp³-hybridized carbons (Fsp3) is 0.529. The van der Waals surface area contributed by atoms with Gasteiger partial charge in [-0.1, -0.05) is 30.3 Å². The fourth-order valence-electron chi connectivity index (χ4n) is 4.37. The number of nitrogens with one attached hydrogen (secondary N) is 1. The lowest BCUT2D eigenvalue weighted by Gasteiger charge is -2.17. The van der Waals surface area contributed by atoms with Crippen molar-refractivity contribution in [2.45, 2.75) is 38.0 Å². The van der Waals surface area contributed by atoms with Crippen molar-refractivity contribution in [2.24, 2.45) is 17.8 Å². The molecular formula is C17H19N3O2. The summed E-state index contributed by atoms with van der Waals surface area (Å²) >= 11 is 0. The van der Waals surface area contributed by atoms with Crippen LogP contribution in [0, 0.1) is 17.8 Å². The molecule has 2 aliphatic heterocycles. The summed E-state index contributed by atoms with van der Waals surface area (Å²) in [4.78, 5) is 15.0. The molecule has 5 nitrogen and oxygen atoms in total. The Labute approximate surface area is 128 Å². The van der Waals surface area contributed by atoms with Gasteiger partial charge in [-0.3, -0.25) is 4.98 Å². The Morgan fingerprint density at radius 3 is 2.86 bits per heavy atom. The predicted octanol–water partition coefficient (Wildman–Crippen LogP) is 1.59. The maximum Gasteiger partial charge on any atom is 0.343 e. The number of hydrogen-bond acceptors (Lipinski definition) is 3. The largest absolute Gasteiger partial charge is 0.374 e. The van der Waals surface area contributed by atoms with Crippen LogP contribution in [0.25, 0.3) is 0 Å². The summed E-state index contributed by atoms with van der Waals surface area (Å²) in [5, 5.41) is 4.48. The van der Waals surface area contributed by atoms with E-state index in [4.69, 9.17) is 4.74 Å². The van der Waals surface area contributed by atoms with E-state index in [-0.39, 0.29) is 5.69 Å². The van der Waals surface area contributed by atoms with Gasteiger partial charge in [0.1, 0.15) is 5.82 Å². The molecule has 2 saturated heterocycles. The third-order valence-corrected chi connectivity index (χ3v) is 5.47. The van der Waals surface area contributed by atoms with Gasteiger partial charge in [-0.2, -0.15) is 5.10 Å². The highest BCUT2D eigenvalue weighted by molar-refractivity contribution is 5.18. The number of benzene rings is 1. The molecule has 1 saturated carbocycles. The first-order chi connectivity index (χ1) is 10.8. The molecule has 0 radical (unpaired) electrons. The molecule has 3 heterocycles.